The van der Waals surface area contributed by atoms with E-state index in [4.69, 9.17) is 5.73 Å². The molecule has 0 aromatic carbocycles. The van der Waals surface area contributed by atoms with Gasteiger partial charge in [-0.25, -0.2) is 9.97 Å². The third-order valence-electron chi connectivity index (χ3n) is 1.99. The van der Waals surface area contributed by atoms with E-state index in [2.05, 4.69) is 15.3 Å². The summed E-state index contributed by atoms with van der Waals surface area (Å²) in [5.74, 6) is -0.248. The van der Waals surface area contributed by atoms with Gasteiger partial charge in [-0.05, 0) is 13.8 Å². The van der Waals surface area contributed by atoms with Gasteiger partial charge < -0.3 is 5.73 Å². The molecule has 2 aromatic heterocycles. The molecule has 1 amide bonds. The number of anilines is 1. The molecule has 0 aliphatic rings. The maximum atomic E-state index is 11.8. The summed E-state index contributed by atoms with van der Waals surface area (Å²) in [6.07, 6.45) is 1.72. The normalized spacial score (nSPS) is 12.4. The second-order valence-corrected chi connectivity index (χ2v) is 5.71. The number of aromatic nitrogens is 2. The van der Waals surface area contributed by atoms with Crippen LogP contribution in [0.1, 0.15) is 33.3 Å². The Labute approximate surface area is 107 Å². The molecule has 0 aliphatic heterocycles. The molecular formula is C10H12N4OS2. The van der Waals surface area contributed by atoms with E-state index in [1.807, 2.05) is 13.8 Å². The molecule has 2 aromatic rings. The Balaban J connectivity index is 2.09. The predicted molar refractivity (Wildman–Crippen MR) is 69.5 cm³/mol. The predicted octanol–water partition coefficient (Wildman–Crippen LogP) is 2.18. The second kappa shape index (κ2) is 4.91. The molecule has 2 heterocycles. The van der Waals surface area contributed by atoms with E-state index in [0.29, 0.717) is 10.8 Å². The average molecular weight is 268 g/mol. The molecule has 3 N–H and O–H groups in total. The third kappa shape index (κ3) is 2.87. The van der Waals surface area contributed by atoms with Gasteiger partial charge in [-0.15, -0.1) is 22.7 Å². The molecule has 90 valence electrons. The molecule has 0 saturated heterocycles. The minimum absolute atomic E-state index is 0.149. The van der Waals surface area contributed by atoms with Gasteiger partial charge in [0.2, 0.25) is 0 Å². The zero-order valence-electron chi connectivity index (χ0n) is 9.43. The maximum absolute atomic E-state index is 11.8. The molecule has 17 heavy (non-hydrogen) atoms. The van der Waals surface area contributed by atoms with Gasteiger partial charge in [0.15, 0.2) is 5.13 Å². The van der Waals surface area contributed by atoms with Crippen LogP contribution in [-0.4, -0.2) is 15.9 Å². The Morgan fingerprint density at radius 3 is 2.88 bits per heavy atom. The summed E-state index contributed by atoms with van der Waals surface area (Å²) in [5.41, 5.74) is 6.07. The minimum Gasteiger partial charge on any atom is -0.322 e. The average Bonchev–Trinajstić information content (AvgIpc) is 2.86. The smallest absolute Gasteiger partial charge is 0.276 e. The highest BCUT2D eigenvalue weighted by molar-refractivity contribution is 7.15. The van der Waals surface area contributed by atoms with E-state index >= 15 is 0 Å². The van der Waals surface area contributed by atoms with Gasteiger partial charge in [-0.2, -0.15) is 0 Å². The van der Waals surface area contributed by atoms with Crippen molar-refractivity contribution in [2.45, 2.75) is 19.9 Å². The summed E-state index contributed by atoms with van der Waals surface area (Å²) >= 11 is 2.82. The van der Waals surface area contributed by atoms with Gasteiger partial charge in [0.1, 0.15) is 10.7 Å². The van der Waals surface area contributed by atoms with Gasteiger partial charge in [-0.3, -0.25) is 10.1 Å². The summed E-state index contributed by atoms with van der Waals surface area (Å²) < 4.78 is 0. The van der Waals surface area contributed by atoms with Crippen molar-refractivity contribution in [2.75, 3.05) is 5.32 Å². The molecule has 0 saturated carbocycles. The quantitative estimate of drug-likeness (QED) is 0.894. The summed E-state index contributed by atoms with van der Waals surface area (Å²) in [4.78, 5) is 21.1. The fraction of sp³-hybridized carbons (Fsp3) is 0.300. The second-order valence-electron chi connectivity index (χ2n) is 3.59. The largest absolute Gasteiger partial charge is 0.322 e. The summed E-state index contributed by atoms with van der Waals surface area (Å²) in [6.45, 7) is 3.77. The molecule has 2 rings (SSSR count). The molecule has 1 atom stereocenters. The van der Waals surface area contributed by atoms with Crippen LogP contribution in [0.5, 0.6) is 0 Å². The fourth-order valence-corrected chi connectivity index (χ4v) is 2.59. The minimum atomic E-state index is -0.248. The number of hydrogen-bond donors (Lipinski definition) is 2. The Morgan fingerprint density at radius 2 is 2.35 bits per heavy atom. The van der Waals surface area contributed by atoms with Crippen LogP contribution in [0.15, 0.2) is 11.6 Å². The van der Waals surface area contributed by atoms with E-state index < -0.39 is 0 Å². The van der Waals surface area contributed by atoms with E-state index in [0.717, 1.165) is 9.88 Å². The molecule has 0 bridgehead atoms. The lowest BCUT2D eigenvalue weighted by Crippen LogP contribution is -2.13. The Kier molecular flexibility index (Phi) is 3.51. The topological polar surface area (TPSA) is 80.9 Å². The van der Waals surface area contributed by atoms with Crippen molar-refractivity contribution in [1.82, 2.24) is 9.97 Å². The van der Waals surface area contributed by atoms with Crippen LogP contribution in [0.3, 0.4) is 0 Å². The highest BCUT2D eigenvalue weighted by Gasteiger charge is 2.13. The Hall–Kier alpha value is -1.31. The van der Waals surface area contributed by atoms with Crippen LogP contribution in [0.4, 0.5) is 5.13 Å². The van der Waals surface area contributed by atoms with Gasteiger partial charge >= 0.3 is 0 Å². The molecule has 0 fully saturated rings. The van der Waals surface area contributed by atoms with Crippen LogP contribution in [0.2, 0.25) is 0 Å². The Morgan fingerprint density at radius 1 is 1.59 bits per heavy atom. The molecule has 5 nitrogen and oxygen atoms in total. The van der Waals surface area contributed by atoms with Crippen molar-refractivity contribution in [3.8, 4) is 0 Å². The number of hydrogen-bond acceptors (Lipinski definition) is 6. The summed E-state index contributed by atoms with van der Waals surface area (Å²) in [5, 5.41) is 5.75. The van der Waals surface area contributed by atoms with E-state index in [9.17, 15) is 4.79 Å². The number of nitrogens with two attached hydrogens (primary N) is 1. The maximum Gasteiger partial charge on any atom is 0.276 e. The van der Waals surface area contributed by atoms with Gasteiger partial charge in [-0.1, -0.05) is 0 Å². The summed E-state index contributed by atoms with van der Waals surface area (Å²) in [6, 6.07) is -0.149. The standard InChI is InChI=1S/C10H12N4OS2/c1-5-3-12-10(17-5)14-8(15)7-4-16-9(13-7)6(2)11/h3-4,6H,11H2,1-2H3,(H,12,14,15). The third-order valence-corrected chi connectivity index (χ3v) is 3.86. The van der Waals surface area contributed by atoms with Crippen molar-refractivity contribution >= 4 is 33.7 Å². The fourth-order valence-electron chi connectivity index (χ4n) is 1.17. The number of thiazole rings is 2. The number of nitrogens with zero attached hydrogens (tertiary/aromatic N) is 2. The zero-order valence-corrected chi connectivity index (χ0v) is 11.1. The van der Waals surface area contributed by atoms with Gasteiger partial charge in [0.25, 0.3) is 5.91 Å². The van der Waals surface area contributed by atoms with Crippen molar-refractivity contribution in [3.05, 3.63) is 27.2 Å². The molecule has 0 spiro atoms. The monoisotopic (exact) mass is 268 g/mol. The molecule has 7 heteroatoms. The number of rotatable bonds is 3. The van der Waals surface area contributed by atoms with Crippen LogP contribution in [0.25, 0.3) is 0 Å². The van der Waals surface area contributed by atoms with Crippen LogP contribution < -0.4 is 11.1 Å². The highest BCUT2D eigenvalue weighted by Crippen LogP contribution is 2.19. The number of carbonyl (C=O) groups is 1. The summed E-state index contributed by atoms with van der Waals surface area (Å²) in [7, 11) is 0. The number of carbonyl (C=O) groups excluding carboxylic acids is 1. The van der Waals surface area contributed by atoms with Crippen molar-refractivity contribution in [3.63, 3.8) is 0 Å². The lowest BCUT2D eigenvalue weighted by molar-refractivity contribution is 0.102. The van der Waals surface area contributed by atoms with Crippen LogP contribution >= 0.6 is 22.7 Å². The number of nitrogens with one attached hydrogen (secondary N) is 1. The first-order valence-electron chi connectivity index (χ1n) is 5.01. The SMILES string of the molecule is Cc1cnc(NC(=O)c2csc(C(C)N)n2)s1. The molecular weight excluding hydrogens is 256 g/mol. The van der Waals surface area contributed by atoms with Gasteiger partial charge in [0.05, 0.1) is 6.04 Å². The van der Waals surface area contributed by atoms with Gasteiger partial charge in [0, 0.05) is 16.5 Å². The van der Waals surface area contributed by atoms with E-state index in [1.54, 1.807) is 11.6 Å². The van der Waals surface area contributed by atoms with Crippen molar-refractivity contribution < 1.29 is 4.79 Å². The van der Waals surface area contributed by atoms with E-state index in [1.165, 1.54) is 22.7 Å². The number of amides is 1. The molecule has 0 aliphatic carbocycles. The first-order valence-corrected chi connectivity index (χ1v) is 6.70. The van der Waals surface area contributed by atoms with Crippen LogP contribution in [0, 0.1) is 6.92 Å². The first-order chi connectivity index (χ1) is 8.06. The highest BCUT2D eigenvalue weighted by atomic mass is 32.1. The molecule has 0 radical (unpaired) electrons. The van der Waals surface area contributed by atoms with Crippen LogP contribution in [-0.2, 0) is 0 Å². The first kappa shape index (κ1) is 12.2. The lowest BCUT2D eigenvalue weighted by Gasteiger charge is -1.98. The number of aryl methyl sites for hydroxylation is 1. The van der Waals surface area contributed by atoms with E-state index in [-0.39, 0.29) is 11.9 Å². The molecule has 1 unspecified atom stereocenters. The van der Waals surface area contributed by atoms with Crippen molar-refractivity contribution in [2.24, 2.45) is 5.73 Å². The lowest BCUT2D eigenvalue weighted by atomic mass is 10.4. The zero-order chi connectivity index (χ0) is 12.4. The Bertz CT molecular complexity index is 532. The van der Waals surface area contributed by atoms with Crippen molar-refractivity contribution in [1.29, 1.82) is 0 Å².